The fraction of sp³-hybridized carbons (Fsp3) is 0.857. The van der Waals surface area contributed by atoms with Crippen LogP contribution < -0.4 is 0 Å². The Balaban J connectivity index is 1.28. The number of allylic oxidation sites excluding steroid dienone is 2. The van der Waals surface area contributed by atoms with E-state index in [9.17, 15) is 4.79 Å². The van der Waals surface area contributed by atoms with Gasteiger partial charge in [0.1, 0.15) is 6.10 Å². The zero-order chi connectivity index (χ0) is 15.8. The highest BCUT2D eigenvalue weighted by molar-refractivity contribution is 5.74. The van der Waals surface area contributed by atoms with Crippen LogP contribution in [0.1, 0.15) is 58.8 Å². The minimum Gasteiger partial charge on any atom is -0.462 e. The molecule has 8 atom stereocenters. The smallest absolute Gasteiger partial charge is 0.309 e. The summed E-state index contributed by atoms with van der Waals surface area (Å²) in [7, 11) is 0. The third-order valence-corrected chi connectivity index (χ3v) is 8.59. The molecule has 0 aromatic carbocycles. The van der Waals surface area contributed by atoms with Crippen LogP contribution in [0.2, 0.25) is 0 Å². The number of carbonyl (C=O) groups excluding carboxylic acids is 1. The van der Waals surface area contributed by atoms with E-state index in [4.69, 9.17) is 4.74 Å². The Morgan fingerprint density at radius 3 is 2.52 bits per heavy atom. The summed E-state index contributed by atoms with van der Waals surface area (Å²) in [5, 5.41) is 0. The Kier molecular flexibility index (Phi) is 3.07. The van der Waals surface area contributed by atoms with Crippen molar-refractivity contribution in [1.82, 2.24) is 0 Å². The second kappa shape index (κ2) is 4.86. The standard InChI is InChI=1S/C21H30O2/c1-12(21(2)7-3-4-8-21)23-20(22)17-11-15-10-16(17)19-14-6-5-13(9-14)18(15)19/h5-6,12-19H,3-4,7-11H2,1-2H3. The van der Waals surface area contributed by atoms with Gasteiger partial charge in [-0.3, -0.25) is 4.79 Å². The molecule has 2 nitrogen and oxygen atoms in total. The predicted octanol–water partition coefficient (Wildman–Crippen LogP) is 4.59. The van der Waals surface area contributed by atoms with E-state index in [1.165, 1.54) is 38.5 Å². The second-order valence-corrected chi connectivity index (χ2v) is 9.55. The van der Waals surface area contributed by atoms with Crippen LogP contribution in [0, 0.1) is 46.8 Å². The van der Waals surface area contributed by atoms with Crippen molar-refractivity contribution in [2.45, 2.75) is 64.9 Å². The van der Waals surface area contributed by atoms with Crippen LogP contribution in [0.5, 0.6) is 0 Å². The molecule has 2 heteroatoms. The largest absolute Gasteiger partial charge is 0.462 e. The van der Waals surface area contributed by atoms with Crippen LogP contribution >= 0.6 is 0 Å². The number of fused-ring (bicyclic) bond motifs is 9. The molecule has 5 aliphatic rings. The summed E-state index contributed by atoms with van der Waals surface area (Å²) in [6, 6.07) is 0. The van der Waals surface area contributed by atoms with Crippen molar-refractivity contribution < 1.29 is 9.53 Å². The van der Waals surface area contributed by atoms with Crippen molar-refractivity contribution in [3.8, 4) is 0 Å². The second-order valence-electron chi connectivity index (χ2n) is 9.55. The van der Waals surface area contributed by atoms with E-state index < -0.39 is 0 Å². The van der Waals surface area contributed by atoms with E-state index in [-0.39, 0.29) is 23.4 Å². The van der Waals surface area contributed by atoms with E-state index >= 15 is 0 Å². The summed E-state index contributed by atoms with van der Waals surface area (Å²) >= 11 is 0. The van der Waals surface area contributed by atoms with Gasteiger partial charge >= 0.3 is 5.97 Å². The molecule has 0 aliphatic heterocycles. The molecule has 8 unspecified atom stereocenters. The van der Waals surface area contributed by atoms with Gasteiger partial charge in [-0.05, 0) is 74.5 Å². The Labute approximate surface area is 140 Å². The van der Waals surface area contributed by atoms with Gasteiger partial charge in [-0.15, -0.1) is 0 Å². The quantitative estimate of drug-likeness (QED) is 0.432. The molecule has 0 saturated heterocycles. The molecular formula is C21H30O2. The van der Waals surface area contributed by atoms with Crippen molar-refractivity contribution in [3.63, 3.8) is 0 Å². The molecule has 126 valence electrons. The van der Waals surface area contributed by atoms with Crippen LogP contribution in [0.25, 0.3) is 0 Å². The lowest BCUT2D eigenvalue weighted by Gasteiger charge is -2.37. The van der Waals surface area contributed by atoms with E-state index in [0.29, 0.717) is 5.92 Å². The topological polar surface area (TPSA) is 26.3 Å². The first-order chi connectivity index (χ1) is 11.1. The molecule has 0 N–H and O–H groups in total. The van der Waals surface area contributed by atoms with Crippen molar-refractivity contribution in [1.29, 1.82) is 0 Å². The molecule has 4 bridgehead atoms. The molecule has 4 fully saturated rings. The maximum atomic E-state index is 12.9. The van der Waals surface area contributed by atoms with Crippen molar-refractivity contribution >= 4 is 5.97 Å². The van der Waals surface area contributed by atoms with Gasteiger partial charge in [0, 0.05) is 5.41 Å². The SMILES string of the molecule is CC(OC(=O)C1CC2CC1C1C3C=CC(C3)C21)C1(C)CCCC1. The summed E-state index contributed by atoms with van der Waals surface area (Å²) in [4.78, 5) is 12.9. The number of esters is 1. The molecule has 5 rings (SSSR count). The summed E-state index contributed by atoms with van der Waals surface area (Å²) < 4.78 is 6.05. The number of hydrogen-bond acceptors (Lipinski definition) is 2. The summed E-state index contributed by atoms with van der Waals surface area (Å²) in [5.74, 6) is 5.11. The van der Waals surface area contributed by atoms with Gasteiger partial charge in [0.15, 0.2) is 0 Å². The number of rotatable bonds is 3. The zero-order valence-electron chi connectivity index (χ0n) is 14.5. The van der Waals surface area contributed by atoms with Crippen LogP contribution in [0.4, 0.5) is 0 Å². The highest BCUT2D eigenvalue weighted by atomic mass is 16.5. The predicted molar refractivity (Wildman–Crippen MR) is 89.6 cm³/mol. The van der Waals surface area contributed by atoms with Crippen molar-refractivity contribution in [2.75, 3.05) is 0 Å². The van der Waals surface area contributed by atoms with Crippen LogP contribution in [0.3, 0.4) is 0 Å². The van der Waals surface area contributed by atoms with Gasteiger partial charge in [-0.2, -0.15) is 0 Å². The lowest BCUT2D eigenvalue weighted by atomic mass is 9.69. The fourth-order valence-electron chi connectivity index (χ4n) is 7.28. The van der Waals surface area contributed by atoms with E-state index in [1.54, 1.807) is 0 Å². The maximum Gasteiger partial charge on any atom is 0.309 e. The van der Waals surface area contributed by atoms with Gasteiger partial charge in [0.2, 0.25) is 0 Å². The lowest BCUT2D eigenvalue weighted by molar-refractivity contribution is -0.162. The first-order valence-corrected chi connectivity index (χ1v) is 9.96. The third-order valence-electron chi connectivity index (χ3n) is 8.59. The lowest BCUT2D eigenvalue weighted by Crippen LogP contribution is -2.39. The maximum absolute atomic E-state index is 12.9. The highest BCUT2D eigenvalue weighted by Crippen LogP contribution is 2.67. The van der Waals surface area contributed by atoms with Gasteiger partial charge in [0.25, 0.3) is 0 Å². The average Bonchev–Trinajstić information content (AvgIpc) is 3.31. The van der Waals surface area contributed by atoms with Gasteiger partial charge < -0.3 is 4.74 Å². The summed E-state index contributed by atoms with van der Waals surface area (Å²) in [6.45, 7) is 4.45. The van der Waals surface area contributed by atoms with Crippen molar-refractivity contribution in [2.24, 2.45) is 46.8 Å². The first kappa shape index (κ1) is 14.5. The Morgan fingerprint density at radius 1 is 1.09 bits per heavy atom. The van der Waals surface area contributed by atoms with Crippen molar-refractivity contribution in [3.05, 3.63) is 12.2 Å². The van der Waals surface area contributed by atoms with Gasteiger partial charge in [0.05, 0.1) is 5.92 Å². The van der Waals surface area contributed by atoms with E-state index in [1.807, 2.05) is 0 Å². The highest BCUT2D eigenvalue weighted by Gasteiger charge is 2.62. The minimum atomic E-state index is 0.0901. The molecule has 4 saturated carbocycles. The monoisotopic (exact) mass is 314 g/mol. The molecule has 5 aliphatic carbocycles. The summed E-state index contributed by atoms with van der Waals surface area (Å²) in [6.07, 6.45) is 13.8. The van der Waals surface area contributed by atoms with Gasteiger partial charge in [-0.25, -0.2) is 0 Å². The normalized spacial score (nSPS) is 49.6. The molecular weight excluding hydrogens is 284 g/mol. The molecule has 23 heavy (non-hydrogen) atoms. The van der Waals surface area contributed by atoms with Gasteiger partial charge in [-0.1, -0.05) is 31.9 Å². The van der Waals surface area contributed by atoms with Crippen LogP contribution in [0.15, 0.2) is 12.2 Å². The number of carbonyl (C=O) groups is 1. The van der Waals surface area contributed by atoms with Crippen LogP contribution in [-0.2, 0) is 9.53 Å². The Bertz CT molecular complexity index is 544. The Hall–Kier alpha value is -0.790. The molecule has 0 spiro atoms. The third kappa shape index (κ3) is 1.96. The zero-order valence-corrected chi connectivity index (χ0v) is 14.5. The molecule has 0 amide bonds. The first-order valence-electron chi connectivity index (χ1n) is 9.96. The number of ether oxygens (including phenoxy) is 1. The van der Waals surface area contributed by atoms with E-state index in [0.717, 1.165) is 36.0 Å². The molecule has 0 heterocycles. The Morgan fingerprint density at radius 2 is 1.78 bits per heavy atom. The summed E-state index contributed by atoms with van der Waals surface area (Å²) in [5.41, 5.74) is 0.227. The average molecular weight is 314 g/mol. The fourth-order valence-corrected chi connectivity index (χ4v) is 7.28. The molecule has 0 aromatic rings. The van der Waals surface area contributed by atoms with Crippen LogP contribution in [-0.4, -0.2) is 12.1 Å². The number of hydrogen-bond donors (Lipinski definition) is 0. The molecule has 0 radical (unpaired) electrons. The molecule has 0 aromatic heterocycles. The minimum absolute atomic E-state index is 0.0901. The van der Waals surface area contributed by atoms with E-state index in [2.05, 4.69) is 26.0 Å².